The monoisotopic (exact) mass is 639 g/mol. The SMILES string of the molecule is O=C(Nc1cccc(SC(C(=O)Nc2nc(-c3ccc(Cl)cc3Cl)cs2)c2ccccc2)c1)c1ccc2ccccc2c1. The van der Waals surface area contributed by atoms with Crippen molar-refractivity contribution in [2.24, 2.45) is 0 Å². The van der Waals surface area contributed by atoms with E-state index in [1.165, 1.54) is 23.1 Å². The van der Waals surface area contributed by atoms with Gasteiger partial charge in [-0.3, -0.25) is 9.59 Å². The van der Waals surface area contributed by atoms with Gasteiger partial charge >= 0.3 is 0 Å². The Morgan fingerprint density at radius 1 is 0.767 bits per heavy atom. The summed E-state index contributed by atoms with van der Waals surface area (Å²) in [6.07, 6.45) is 0. The number of aromatic nitrogens is 1. The summed E-state index contributed by atoms with van der Waals surface area (Å²) in [5, 5.41) is 10.8. The van der Waals surface area contributed by atoms with E-state index < -0.39 is 5.25 Å². The van der Waals surface area contributed by atoms with E-state index in [4.69, 9.17) is 23.2 Å². The van der Waals surface area contributed by atoms with Gasteiger partial charge in [0.15, 0.2) is 5.13 Å². The Morgan fingerprint density at radius 3 is 2.37 bits per heavy atom. The average molecular weight is 641 g/mol. The molecule has 43 heavy (non-hydrogen) atoms. The highest BCUT2D eigenvalue weighted by molar-refractivity contribution is 8.00. The van der Waals surface area contributed by atoms with E-state index >= 15 is 0 Å². The van der Waals surface area contributed by atoms with Gasteiger partial charge in [0.2, 0.25) is 5.91 Å². The van der Waals surface area contributed by atoms with Gasteiger partial charge in [-0.15, -0.1) is 23.1 Å². The predicted octanol–water partition coefficient (Wildman–Crippen LogP) is 9.99. The van der Waals surface area contributed by atoms with Crippen molar-refractivity contribution in [3.63, 3.8) is 0 Å². The van der Waals surface area contributed by atoms with E-state index in [0.717, 1.165) is 26.8 Å². The van der Waals surface area contributed by atoms with Crippen molar-refractivity contribution in [1.29, 1.82) is 0 Å². The first kappa shape index (κ1) is 29.0. The van der Waals surface area contributed by atoms with Crippen molar-refractivity contribution in [3.05, 3.63) is 142 Å². The smallest absolute Gasteiger partial charge is 0.255 e. The first-order valence-corrected chi connectivity index (χ1v) is 15.8. The van der Waals surface area contributed by atoms with Crippen LogP contribution in [-0.2, 0) is 4.79 Å². The maximum absolute atomic E-state index is 13.7. The molecule has 0 saturated carbocycles. The van der Waals surface area contributed by atoms with Crippen LogP contribution >= 0.6 is 46.3 Å². The number of thiazole rings is 1. The van der Waals surface area contributed by atoms with Crippen LogP contribution in [0.25, 0.3) is 22.0 Å². The molecule has 0 saturated heterocycles. The number of amides is 2. The van der Waals surface area contributed by atoms with Gasteiger partial charge in [-0.25, -0.2) is 4.98 Å². The quantitative estimate of drug-likeness (QED) is 0.163. The zero-order chi connectivity index (χ0) is 29.8. The predicted molar refractivity (Wildman–Crippen MR) is 180 cm³/mol. The number of thioether (sulfide) groups is 1. The highest BCUT2D eigenvalue weighted by Gasteiger charge is 2.24. The van der Waals surface area contributed by atoms with Crippen LogP contribution in [-0.4, -0.2) is 16.8 Å². The van der Waals surface area contributed by atoms with Crippen molar-refractivity contribution in [2.75, 3.05) is 10.6 Å². The average Bonchev–Trinajstić information content (AvgIpc) is 3.48. The topological polar surface area (TPSA) is 71.1 Å². The van der Waals surface area contributed by atoms with Gasteiger partial charge in [-0.2, -0.15) is 0 Å². The molecule has 5 aromatic carbocycles. The van der Waals surface area contributed by atoms with E-state index in [1.807, 2.05) is 102 Å². The maximum atomic E-state index is 13.7. The number of carbonyl (C=O) groups is 2. The van der Waals surface area contributed by atoms with Crippen LogP contribution < -0.4 is 10.6 Å². The summed E-state index contributed by atoms with van der Waals surface area (Å²) in [6, 6.07) is 35.8. The van der Waals surface area contributed by atoms with E-state index in [-0.39, 0.29) is 11.8 Å². The standard InChI is InChI=1S/C34H23Cl2N3O2S2/c35-25-15-16-28(29(36)18-25)30-20-42-34(38-30)39-33(41)31(22-8-2-1-3-9-22)43-27-12-6-11-26(19-27)37-32(40)24-14-13-21-7-4-5-10-23(21)17-24/h1-20,31H,(H,37,40)(H,38,39,41). The molecule has 0 spiro atoms. The lowest BCUT2D eigenvalue weighted by Crippen LogP contribution is -2.19. The molecule has 1 atom stereocenters. The largest absolute Gasteiger partial charge is 0.322 e. The molecule has 5 nitrogen and oxygen atoms in total. The molecular weight excluding hydrogens is 617 g/mol. The first-order valence-electron chi connectivity index (χ1n) is 13.3. The fourth-order valence-electron chi connectivity index (χ4n) is 4.54. The first-order chi connectivity index (χ1) is 20.9. The van der Waals surface area contributed by atoms with Crippen molar-refractivity contribution >= 4 is 79.7 Å². The van der Waals surface area contributed by atoms with Crippen molar-refractivity contribution < 1.29 is 9.59 Å². The number of carbonyl (C=O) groups excluding carboxylic acids is 2. The second-order valence-electron chi connectivity index (χ2n) is 9.60. The van der Waals surface area contributed by atoms with Gasteiger partial charge in [0.25, 0.3) is 5.91 Å². The molecule has 1 heterocycles. The van der Waals surface area contributed by atoms with Gasteiger partial charge in [0.1, 0.15) is 5.25 Å². The molecule has 1 aromatic heterocycles. The van der Waals surface area contributed by atoms with E-state index in [2.05, 4.69) is 15.6 Å². The number of hydrogen-bond acceptors (Lipinski definition) is 5. The molecule has 6 aromatic rings. The summed E-state index contributed by atoms with van der Waals surface area (Å²) in [6.45, 7) is 0. The van der Waals surface area contributed by atoms with Gasteiger partial charge in [0.05, 0.1) is 10.7 Å². The van der Waals surface area contributed by atoms with E-state index in [0.29, 0.717) is 32.1 Å². The van der Waals surface area contributed by atoms with E-state index in [9.17, 15) is 9.59 Å². The number of hydrogen-bond donors (Lipinski definition) is 2. The second kappa shape index (κ2) is 13.0. The molecule has 1 unspecified atom stereocenters. The Kier molecular flexibility index (Phi) is 8.77. The number of rotatable bonds is 8. The highest BCUT2D eigenvalue weighted by Crippen LogP contribution is 2.38. The van der Waals surface area contributed by atoms with Gasteiger partial charge in [-0.1, -0.05) is 89.9 Å². The number of halogens is 2. The summed E-state index contributed by atoms with van der Waals surface area (Å²) >= 11 is 15.1. The van der Waals surface area contributed by atoms with Crippen molar-refractivity contribution in [1.82, 2.24) is 4.98 Å². The second-order valence-corrected chi connectivity index (χ2v) is 12.5. The molecule has 9 heteroatoms. The number of nitrogens with zero attached hydrogens (tertiary/aromatic N) is 1. The maximum Gasteiger partial charge on any atom is 0.255 e. The molecule has 0 aliphatic rings. The highest BCUT2D eigenvalue weighted by atomic mass is 35.5. The molecule has 0 radical (unpaired) electrons. The minimum absolute atomic E-state index is 0.203. The fourth-order valence-corrected chi connectivity index (χ4v) is 6.84. The van der Waals surface area contributed by atoms with Crippen LogP contribution in [0.1, 0.15) is 21.2 Å². The third kappa shape index (κ3) is 6.92. The van der Waals surface area contributed by atoms with Gasteiger partial charge < -0.3 is 10.6 Å². The normalized spacial score (nSPS) is 11.7. The molecule has 0 aliphatic heterocycles. The summed E-state index contributed by atoms with van der Waals surface area (Å²) in [7, 11) is 0. The lowest BCUT2D eigenvalue weighted by atomic mass is 10.1. The van der Waals surface area contributed by atoms with Crippen LogP contribution in [0.2, 0.25) is 10.0 Å². The summed E-state index contributed by atoms with van der Waals surface area (Å²) in [5.41, 5.74) is 3.44. The van der Waals surface area contributed by atoms with Gasteiger partial charge in [-0.05, 0) is 64.9 Å². The van der Waals surface area contributed by atoms with Crippen molar-refractivity contribution in [3.8, 4) is 11.3 Å². The summed E-state index contributed by atoms with van der Waals surface area (Å²) in [5.74, 6) is -0.421. The zero-order valence-electron chi connectivity index (χ0n) is 22.5. The number of anilines is 2. The minimum Gasteiger partial charge on any atom is -0.322 e. The molecule has 0 bridgehead atoms. The Bertz CT molecular complexity index is 1950. The molecular formula is C34H23Cl2N3O2S2. The van der Waals surface area contributed by atoms with Crippen molar-refractivity contribution in [2.45, 2.75) is 10.1 Å². The molecule has 2 N–H and O–H groups in total. The zero-order valence-corrected chi connectivity index (χ0v) is 25.6. The minimum atomic E-state index is -0.570. The molecule has 0 aliphatic carbocycles. The number of nitrogens with one attached hydrogen (secondary N) is 2. The lowest BCUT2D eigenvalue weighted by molar-refractivity contribution is -0.115. The van der Waals surface area contributed by atoms with Crippen LogP contribution in [0.3, 0.4) is 0 Å². The summed E-state index contributed by atoms with van der Waals surface area (Å²) < 4.78 is 0. The van der Waals surface area contributed by atoms with Crippen LogP contribution in [0.4, 0.5) is 10.8 Å². The fraction of sp³-hybridized carbons (Fsp3) is 0.0294. The van der Waals surface area contributed by atoms with Gasteiger partial charge in [0, 0.05) is 32.1 Å². The lowest BCUT2D eigenvalue weighted by Gasteiger charge is -2.17. The number of benzene rings is 5. The molecule has 6 rings (SSSR count). The Morgan fingerprint density at radius 2 is 1.56 bits per heavy atom. The van der Waals surface area contributed by atoms with Crippen LogP contribution in [0.5, 0.6) is 0 Å². The third-order valence-electron chi connectivity index (χ3n) is 6.64. The van der Waals surface area contributed by atoms with Crippen LogP contribution in [0.15, 0.2) is 126 Å². The molecule has 0 fully saturated rings. The third-order valence-corrected chi connectivity index (χ3v) is 9.19. The van der Waals surface area contributed by atoms with Crippen LogP contribution in [0, 0.1) is 0 Å². The Balaban J connectivity index is 1.20. The Hall–Kier alpha value is -4.14. The summed E-state index contributed by atoms with van der Waals surface area (Å²) in [4.78, 5) is 32.1. The van der Waals surface area contributed by atoms with E-state index in [1.54, 1.807) is 18.2 Å². The molecule has 212 valence electrons. The number of fused-ring (bicyclic) bond motifs is 1. The Labute approximate surface area is 266 Å². The molecule has 2 amide bonds.